The summed E-state index contributed by atoms with van der Waals surface area (Å²) in [6, 6.07) is 12.0. The van der Waals surface area contributed by atoms with Gasteiger partial charge in [0.1, 0.15) is 11.1 Å². The first kappa shape index (κ1) is 12.3. The molecular formula is C14H13N3S. The normalized spacial score (nSPS) is 10.5. The van der Waals surface area contributed by atoms with Gasteiger partial charge in [-0.15, -0.1) is 11.3 Å². The second kappa shape index (κ2) is 5.48. The van der Waals surface area contributed by atoms with Crippen LogP contribution < -0.4 is 4.90 Å². The first-order chi connectivity index (χ1) is 8.70. The summed E-state index contributed by atoms with van der Waals surface area (Å²) in [4.78, 5) is 6.39. The average molecular weight is 255 g/mol. The van der Waals surface area contributed by atoms with Crippen molar-refractivity contribution >= 4 is 28.2 Å². The van der Waals surface area contributed by atoms with Crippen molar-refractivity contribution in [1.29, 1.82) is 5.26 Å². The molecule has 0 unspecified atom stereocenters. The lowest BCUT2D eigenvalue weighted by Crippen LogP contribution is -2.08. The first-order valence-corrected chi connectivity index (χ1v) is 6.37. The van der Waals surface area contributed by atoms with Crippen molar-refractivity contribution in [2.75, 3.05) is 19.0 Å². The summed E-state index contributed by atoms with van der Waals surface area (Å²) in [7, 11) is 4.02. The molecule has 0 atom stereocenters. The third-order valence-corrected chi connectivity index (χ3v) is 3.33. The molecule has 18 heavy (non-hydrogen) atoms. The van der Waals surface area contributed by atoms with E-state index in [0.717, 1.165) is 16.3 Å². The Bertz CT molecular complexity index is 588. The molecule has 0 N–H and O–H groups in total. The minimum atomic E-state index is 0.626. The Balaban J connectivity index is 2.17. The van der Waals surface area contributed by atoms with Crippen LogP contribution in [0.1, 0.15) is 11.1 Å². The standard InChI is InChI=1S/C14H13N3S/c1-17(2)13-5-3-11(4-6-13)10-16-14-12(9-15)7-8-18-14/h3-8,10H,1-2H3. The summed E-state index contributed by atoms with van der Waals surface area (Å²) in [5.74, 6) is 0. The van der Waals surface area contributed by atoms with Crippen molar-refractivity contribution in [2.45, 2.75) is 0 Å². The summed E-state index contributed by atoms with van der Waals surface area (Å²) in [5.41, 5.74) is 2.81. The molecule has 3 nitrogen and oxygen atoms in total. The van der Waals surface area contributed by atoms with Gasteiger partial charge in [0.2, 0.25) is 0 Å². The SMILES string of the molecule is CN(C)c1ccc(C=Nc2sccc2C#N)cc1. The lowest BCUT2D eigenvalue weighted by atomic mass is 10.2. The van der Waals surface area contributed by atoms with Crippen molar-refractivity contribution in [1.82, 2.24) is 0 Å². The molecule has 0 aliphatic rings. The smallest absolute Gasteiger partial charge is 0.133 e. The highest BCUT2D eigenvalue weighted by atomic mass is 32.1. The van der Waals surface area contributed by atoms with Crippen LogP contribution >= 0.6 is 11.3 Å². The predicted molar refractivity (Wildman–Crippen MR) is 77.1 cm³/mol. The molecule has 90 valence electrons. The molecule has 0 saturated carbocycles. The number of nitrogens with zero attached hydrogens (tertiary/aromatic N) is 3. The third kappa shape index (κ3) is 2.76. The van der Waals surface area contributed by atoms with E-state index in [1.807, 2.05) is 48.6 Å². The van der Waals surface area contributed by atoms with E-state index >= 15 is 0 Å². The Kier molecular flexibility index (Phi) is 3.75. The maximum atomic E-state index is 8.88. The Morgan fingerprint density at radius 1 is 1.22 bits per heavy atom. The van der Waals surface area contributed by atoms with Crippen LogP contribution in [0.2, 0.25) is 0 Å². The minimum absolute atomic E-state index is 0.626. The van der Waals surface area contributed by atoms with Gasteiger partial charge in [0.05, 0.1) is 5.56 Å². The lowest BCUT2D eigenvalue weighted by Gasteiger charge is -2.11. The highest BCUT2D eigenvalue weighted by Crippen LogP contribution is 2.25. The van der Waals surface area contributed by atoms with Gasteiger partial charge in [0.25, 0.3) is 0 Å². The second-order valence-corrected chi connectivity index (χ2v) is 4.89. The number of hydrogen-bond acceptors (Lipinski definition) is 4. The highest BCUT2D eigenvalue weighted by molar-refractivity contribution is 7.14. The van der Waals surface area contributed by atoms with Gasteiger partial charge in [0.15, 0.2) is 0 Å². The van der Waals surface area contributed by atoms with Crippen LogP contribution in [0.15, 0.2) is 40.7 Å². The zero-order valence-corrected chi connectivity index (χ0v) is 11.1. The number of nitriles is 1. The van der Waals surface area contributed by atoms with Gasteiger partial charge < -0.3 is 4.90 Å². The third-order valence-electron chi connectivity index (χ3n) is 2.51. The molecule has 1 aromatic carbocycles. The summed E-state index contributed by atoms with van der Waals surface area (Å²) in [5, 5.41) is 11.5. The number of aliphatic imine (C=N–C) groups is 1. The van der Waals surface area contributed by atoms with Gasteiger partial charge in [-0.2, -0.15) is 5.26 Å². The van der Waals surface area contributed by atoms with Crippen molar-refractivity contribution in [3.8, 4) is 6.07 Å². The van der Waals surface area contributed by atoms with Crippen LogP contribution in [0, 0.1) is 11.3 Å². The summed E-state index contributed by atoms with van der Waals surface area (Å²) in [6.07, 6.45) is 1.78. The fourth-order valence-corrected chi connectivity index (χ4v) is 2.17. The van der Waals surface area contributed by atoms with Crippen molar-refractivity contribution in [2.24, 2.45) is 4.99 Å². The molecule has 0 amide bonds. The van der Waals surface area contributed by atoms with Crippen LogP contribution in [0.25, 0.3) is 0 Å². The molecule has 2 rings (SSSR count). The van der Waals surface area contributed by atoms with Crippen LogP contribution in [0.3, 0.4) is 0 Å². The minimum Gasteiger partial charge on any atom is -0.378 e. The van der Waals surface area contributed by atoms with Crippen LogP contribution in [-0.2, 0) is 0 Å². The molecule has 0 aliphatic heterocycles. The first-order valence-electron chi connectivity index (χ1n) is 5.50. The topological polar surface area (TPSA) is 39.4 Å². The van der Waals surface area contributed by atoms with E-state index in [9.17, 15) is 0 Å². The number of anilines is 1. The van der Waals surface area contributed by atoms with E-state index in [4.69, 9.17) is 5.26 Å². The second-order valence-electron chi connectivity index (χ2n) is 4.00. The van der Waals surface area contributed by atoms with E-state index < -0.39 is 0 Å². The quantitative estimate of drug-likeness (QED) is 0.788. The number of hydrogen-bond donors (Lipinski definition) is 0. The van der Waals surface area contributed by atoms with E-state index in [0.29, 0.717) is 5.56 Å². The zero-order chi connectivity index (χ0) is 13.0. The molecule has 0 radical (unpaired) electrons. The molecule has 0 aliphatic carbocycles. The Morgan fingerprint density at radius 3 is 2.56 bits per heavy atom. The molecule has 1 heterocycles. The van der Waals surface area contributed by atoms with Gasteiger partial charge in [0, 0.05) is 26.0 Å². The molecule has 0 spiro atoms. The van der Waals surface area contributed by atoms with E-state index in [1.165, 1.54) is 11.3 Å². The number of benzene rings is 1. The molecule has 4 heteroatoms. The molecular weight excluding hydrogens is 242 g/mol. The molecule has 2 aromatic rings. The Morgan fingerprint density at radius 2 is 1.94 bits per heavy atom. The maximum Gasteiger partial charge on any atom is 0.133 e. The average Bonchev–Trinajstić information content (AvgIpc) is 2.84. The zero-order valence-electron chi connectivity index (χ0n) is 10.3. The van der Waals surface area contributed by atoms with E-state index in [1.54, 1.807) is 12.3 Å². The highest BCUT2D eigenvalue weighted by Gasteiger charge is 2.00. The molecule has 0 bridgehead atoms. The number of thiophene rings is 1. The summed E-state index contributed by atoms with van der Waals surface area (Å²) < 4.78 is 0. The van der Waals surface area contributed by atoms with Crippen LogP contribution in [0.4, 0.5) is 10.7 Å². The van der Waals surface area contributed by atoms with Crippen molar-refractivity contribution < 1.29 is 0 Å². The molecule has 1 aromatic heterocycles. The maximum absolute atomic E-state index is 8.88. The van der Waals surface area contributed by atoms with Gasteiger partial charge in [-0.3, -0.25) is 0 Å². The van der Waals surface area contributed by atoms with Crippen LogP contribution in [0.5, 0.6) is 0 Å². The summed E-state index contributed by atoms with van der Waals surface area (Å²) in [6.45, 7) is 0. The van der Waals surface area contributed by atoms with Gasteiger partial charge in [-0.1, -0.05) is 12.1 Å². The van der Waals surface area contributed by atoms with Gasteiger partial charge in [-0.05, 0) is 29.1 Å². The summed E-state index contributed by atoms with van der Waals surface area (Å²) >= 11 is 1.47. The molecule has 0 saturated heterocycles. The fraction of sp³-hybridized carbons (Fsp3) is 0.143. The Hall–Kier alpha value is -2.12. The fourth-order valence-electron chi connectivity index (χ4n) is 1.48. The largest absolute Gasteiger partial charge is 0.378 e. The van der Waals surface area contributed by atoms with Gasteiger partial charge >= 0.3 is 0 Å². The monoisotopic (exact) mass is 255 g/mol. The van der Waals surface area contributed by atoms with E-state index in [-0.39, 0.29) is 0 Å². The molecule has 0 fully saturated rings. The van der Waals surface area contributed by atoms with Crippen molar-refractivity contribution in [3.63, 3.8) is 0 Å². The predicted octanol–water partition coefficient (Wildman–Crippen LogP) is 3.44. The van der Waals surface area contributed by atoms with Gasteiger partial charge in [-0.25, -0.2) is 4.99 Å². The Labute approximate surface area is 111 Å². The number of rotatable bonds is 3. The lowest BCUT2D eigenvalue weighted by molar-refractivity contribution is 1.13. The van der Waals surface area contributed by atoms with E-state index in [2.05, 4.69) is 11.1 Å². The van der Waals surface area contributed by atoms with Crippen molar-refractivity contribution in [3.05, 3.63) is 46.8 Å². The van der Waals surface area contributed by atoms with Crippen LogP contribution in [-0.4, -0.2) is 20.3 Å².